The molecule has 1 aromatic carbocycles. The summed E-state index contributed by atoms with van der Waals surface area (Å²) in [7, 11) is 0. The number of rotatable bonds is 4. The molecule has 19 heavy (non-hydrogen) atoms. The molecule has 0 unspecified atom stereocenters. The maximum absolute atomic E-state index is 13.3. The topological polar surface area (TPSA) is 20.3 Å². The van der Waals surface area contributed by atoms with E-state index in [1.165, 1.54) is 0 Å². The van der Waals surface area contributed by atoms with E-state index in [9.17, 15) is 26.7 Å². The summed E-state index contributed by atoms with van der Waals surface area (Å²) < 4.78 is 63.1. The van der Waals surface area contributed by atoms with Crippen LogP contribution in [0.1, 0.15) is 10.4 Å². The first-order valence-electron chi connectivity index (χ1n) is 5.11. The zero-order valence-corrected chi connectivity index (χ0v) is 10.2. The zero-order chi connectivity index (χ0) is 14.6. The van der Waals surface area contributed by atoms with Crippen molar-refractivity contribution in [1.29, 1.82) is 0 Å². The molecule has 0 bridgehead atoms. The predicted octanol–water partition coefficient (Wildman–Crippen LogP) is 3.21. The number of benzene rings is 1. The molecule has 0 atom stereocenters. The Bertz CT molecular complexity index is 463. The number of hydrogen-bond acceptors (Lipinski definition) is 1. The Morgan fingerprint density at radius 3 is 2.42 bits per heavy atom. The molecule has 0 saturated carbocycles. The standard InChI is InChI=1S/C11H9ClF5NO/c12-3-4-18(6-11(15,16)17)10(19)8-5-7(13)1-2-9(8)14/h1-2,5H,3-4,6H2. The quantitative estimate of drug-likeness (QED) is 0.618. The summed E-state index contributed by atoms with van der Waals surface area (Å²) in [5, 5.41) is 0. The molecule has 0 aromatic heterocycles. The van der Waals surface area contributed by atoms with Gasteiger partial charge in [0.05, 0.1) is 5.56 Å². The molecular formula is C11H9ClF5NO. The number of carbonyl (C=O) groups excluding carboxylic acids is 1. The van der Waals surface area contributed by atoms with Gasteiger partial charge in [-0.05, 0) is 18.2 Å². The summed E-state index contributed by atoms with van der Waals surface area (Å²) in [5.74, 6) is -3.51. The van der Waals surface area contributed by atoms with Gasteiger partial charge in [0.2, 0.25) is 0 Å². The summed E-state index contributed by atoms with van der Waals surface area (Å²) in [6.45, 7) is -2.00. The van der Waals surface area contributed by atoms with Crippen LogP contribution in [0.2, 0.25) is 0 Å². The smallest absolute Gasteiger partial charge is 0.328 e. The normalized spacial score (nSPS) is 11.5. The molecule has 106 valence electrons. The fourth-order valence-electron chi connectivity index (χ4n) is 1.40. The van der Waals surface area contributed by atoms with Crippen LogP contribution in [0.3, 0.4) is 0 Å². The molecule has 0 N–H and O–H groups in total. The van der Waals surface area contributed by atoms with Gasteiger partial charge in [0.1, 0.15) is 18.2 Å². The second-order valence-corrected chi connectivity index (χ2v) is 4.03. The highest BCUT2D eigenvalue weighted by Crippen LogP contribution is 2.19. The molecule has 1 rings (SSSR count). The minimum absolute atomic E-state index is 0.251. The first kappa shape index (κ1) is 15.7. The lowest BCUT2D eigenvalue weighted by Gasteiger charge is -2.23. The van der Waals surface area contributed by atoms with Gasteiger partial charge in [-0.3, -0.25) is 4.79 Å². The van der Waals surface area contributed by atoms with Crippen molar-refractivity contribution in [3.8, 4) is 0 Å². The molecule has 0 aliphatic carbocycles. The third-order valence-corrected chi connectivity index (χ3v) is 2.34. The van der Waals surface area contributed by atoms with E-state index in [0.717, 1.165) is 6.07 Å². The van der Waals surface area contributed by atoms with Crippen molar-refractivity contribution in [2.75, 3.05) is 19.0 Å². The fourth-order valence-corrected chi connectivity index (χ4v) is 1.61. The van der Waals surface area contributed by atoms with Crippen LogP contribution in [-0.4, -0.2) is 36.0 Å². The predicted molar refractivity (Wildman–Crippen MR) is 59.0 cm³/mol. The average Bonchev–Trinajstić information content (AvgIpc) is 2.29. The lowest BCUT2D eigenvalue weighted by molar-refractivity contribution is -0.140. The van der Waals surface area contributed by atoms with Crippen LogP contribution < -0.4 is 0 Å². The van der Waals surface area contributed by atoms with Crippen LogP contribution in [0.15, 0.2) is 18.2 Å². The molecular weight excluding hydrogens is 293 g/mol. The molecule has 1 amide bonds. The molecule has 0 spiro atoms. The van der Waals surface area contributed by atoms with E-state index in [4.69, 9.17) is 11.6 Å². The first-order valence-corrected chi connectivity index (χ1v) is 5.65. The lowest BCUT2D eigenvalue weighted by Crippen LogP contribution is -2.40. The van der Waals surface area contributed by atoms with Gasteiger partial charge in [-0.25, -0.2) is 8.78 Å². The zero-order valence-electron chi connectivity index (χ0n) is 9.48. The SMILES string of the molecule is O=C(c1cc(F)ccc1F)N(CCCl)CC(F)(F)F. The number of alkyl halides is 4. The third kappa shape index (κ3) is 4.66. The minimum atomic E-state index is -4.65. The van der Waals surface area contributed by atoms with Gasteiger partial charge in [0, 0.05) is 12.4 Å². The highest BCUT2D eigenvalue weighted by atomic mass is 35.5. The van der Waals surface area contributed by atoms with E-state index in [1.54, 1.807) is 0 Å². The molecule has 0 saturated heterocycles. The fraction of sp³-hybridized carbons (Fsp3) is 0.364. The molecule has 0 radical (unpaired) electrons. The van der Waals surface area contributed by atoms with Crippen molar-refractivity contribution < 1.29 is 26.7 Å². The van der Waals surface area contributed by atoms with Gasteiger partial charge in [-0.15, -0.1) is 11.6 Å². The number of hydrogen-bond donors (Lipinski definition) is 0. The Kier molecular flexibility index (Phi) is 5.11. The van der Waals surface area contributed by atoms with Gasteiger partial charge in [0.15, 0.2) is 0 Å². The van der Waals surface area contributed by atoms with Crippen molar-refractivity contribution >= 4 is 17.5 Å². The average molecular weight is 302 g/mol. The molecule has 0 aliphatic heterocycles. The van der Waals surface area contributed by atoms with Gasteiger partial charge in [-0.2, -0.15) is 13.2 Å². The minimum Gasteiger partial charge on any atom is -0.328 e. The van der Waals surface area contributed by atoms with Crippen molar-refractivity contribution in [2.45, 2.75) is 6.18 Å². The summed E-state index contributed by atoms with van der Waals surface area (Å²) in [4.78, 5) is 12.1. The van der Waals surface area contributed by atoms with Crippen molar-refractivity contribution in [3.05, 3.63) is 35.4 Å². The lowest BCUT2D eigenvalue weighted by atomic mass is 10.1. The van der Waals surface area contributed by atoms with Crippen LogP contribution in [0.25, 0.3) is 0 Å². The Morgan fingerprint density at radius 2 is 1.89 bits per heavy atom. The number of nitrogens with zero attached hydrogens (tertiary/aromatic N) is 1. The Morgan fingerprint density at radius 1 is 1.26 bits per heavy atom. The maximum atomic E-state index is 13.3. The van der Waals surface area contributed by atoms with Crippen molar-refractivity contribution in [2.24, 2.45) is 0 Å². The molecule has 1 aromatic rings. The van der Waals surface area contributed by atoms with E-state index in [2.05, 4.69) is 0 Å². The highest BCUT2D eigenvalue weighted by molar-refractivity contribution is 6.18. The van der Waals surface area contributed by atoms with Gasteiger partial charge >= 0.3 is 6.18 Å². The monoisotopic (exact) mass is 301 g/mol. The molecule has 8 heteroatoms. The second-order valence-electron chi connectivity index (χ2n) is 3.66. The van der Waals surface area contributed by atoms with Crippen molar-refractivity contribution in [1.82, 2.24) is 4.90 Å². The second kappa shape index (κ2) is 6.18. The van der Waals surface area contributed by atoms with E-state index in [-0.39, 0.29) is 5.88 Å². The molecule has 0 aliphatic rings. The van der Waals surface area contributed by atoms with Crippen LogP contribution in [0.4, 0.5) is 22.0 Å². The van der Waals surface area contributed by atoms with E-state index < -0.39 is 42.4 Å². The molecule has 0 heterocycles. The van der Waals surface area contributed by atoms with E-state index in [1.807, 2.05) is 0 Å². The maximum Gasteiger partial charge on any atom is 0.406 e. The van der Waals surface area contributed by atoms with Gasteiger partial charge in [0.25, 0.3) is 5.91 Å². The number of amides is 1. The van der Waals surface area contributed by atoms with Crippen LogP contribution in [0, 0.1) is 11.6 Å². The van der Waals surface area contributed by atoms with Crippen LogP contribution >= 0.6 is 11.6 Å². The van der Waals surface area contributed by atoms with Crippen LogP contribution in [-0.2, 0) is 0 Å². The Labute approximate surface area is 110 Å². The van der Waals surface area contributed by atoms with E-state index in [0.29, 0.717) is 17.0 Å². The first-order chi connectivity index (χ1) is 8.74. The Balaban J connectivity index is 3.02. The summed E-state index contributed by atoms with van der Waals surface area (Å²) in [6.07, 6.45) is -4.65. The van der Waals surface area contributed by atoms with Gasteiger partial charge in [-0.1, -0.05) is 0 Å². The largest absolute Gasteiger partial charge is 0.406 e. The van der Waals surface area contributed by atoms with Gasteiger partial charge < -0.3 is 4.90 Å². The molecule has 0 fully saturated rings. The number of halogens is 6. The summed E-state index contributed by atoms with van der Waals surface area (Å²) in [6, 6.07) is 1.99. The summed E-state index contributed by atoms with van der Waals surface area (Å²) in [5.41, 5.74) is -0.755. The Hall–Kier alpha value is -1.37. The van der Waals surface area contributed by atoms with Crippen molar-refractivity contribution in [3.63, 3.8) is 0 Å². The molecule has 2 nitrogen and oxygen atoms in total. The van der Waals surface area contributed by atoms with Crippen LogP contribution in [0.5, 0.6) is 0 Å². The highest BCUT2D eigenvalue weighted by Gasteiger charge is 2.33. The third-order valence-electron chi connectivity index (χ3n) is 2.17. The van der Waals surface area contributed by atoms with E-state index >= 15 is 0 Å². The number of carbonyl (C=O) groups is 1. The summed E-state index contributed by atoms with van der Waals surface area (Å²) >= 11 is 5.30.